The van der Waals surface area contributed by atoms with Gasteiger partial charge in [-0.3, -0.25) is 4.98 Å². The van der Waals surface area contributed by atoms with Crippen LogP contribution in [-0.2, 0) is 6.61 Å². The molecule has 0 amide bonds. The molecule has 0 saturated carbocycles. The topological polar surface area (TPSA) is 48.1 Å². The molecule has 0 aliphatic rings. The molecule has 0 unspecified atom stereocenters. The number of benzene rings is 1. The molecule has 94 valence electrons. The van der Waals surface area contributed by atoms with Crippen molar-refractivity contribution in [3.8, 4) is 5.75 Å². The second-order valence-electron chi connectivity index (χ2n) is 4.56. The fourth-order valence-electron chi connectivity index (χ4n) is 2.01. The predicted octanol–water partition coefficient (Wildman–Crippen LogP) is 3.17. The Bertz CT molecular complexity index is 541. The van der Waals surface area contributed by atoms with E-state index < -0.39 is 0 Å². The minimum atomic E-state index is 0.440. The molecule has 18 heavy (non-hydrogen) atoms. The van der Waals surface area contributed by atoms with Gasteiger partial charge in [0, 0.05) is 5.69 Å². The van der Waals surface area contributed by atoms with Gasteiger partial charge < -0.3 is 10.5 Å². The number of hydrogen-bond donors (Lipinski definition) is 1. The Hall–Kier alpha value is -2.03. The first-order valence-electron chi connectivity index (χ1n) is 5.98. The highest BCUT2D eigenvalue weighted by molar-refractivity contribution is 5.58. The smallest absolute Gasteiger partial charge is 0.145 e. The van der Waals surface area contributed by atoms with Crippen LogP contribution >= 0.6 is 0 Å². The molecule has 0 fully saturated rings. The van der Waals surface area contributed by atoms with Crippen LogP contribution in [0.2, 0.25) is 0 Å². The van der Waals surface area contributed by atoms with E-state index in [0.717, 1.165) is 28.3 Å². The lowest BCUT2D eigenvalue weighted by atomic mass is 10.1. The van der Waals surface area contributed by atoms with Crippen molar-refractivity contribution in [2.75, 3.05) is 5.73 Å². The molecule has 0 aliphatic carbocycles. The number of aryl methyl sites for hydroxylation is 3. The fourth-order valence-corrected chi connectivity index (χ4v) is 2.01. The first kappa shape index (κ1) is 12.4. The van der Waals surface area contributed by atoms with E-state index in [1.54, 1.807) is 0 Å². The Morgan fingerprint density at radius 1 is 1.17 bits per heavy atom. The second kappa shape index (κ2) is 5.08. The van der Waals surface area contributed by atoms with Gasteiger partial charge in [0.2, 0.25) is 0 Å². The van der Waals surface area contributed by atoms with Crippen molar-refractivity contribution in [3.05, 3.63) is 52.8 Å². The summed E-state index contributed by atoms with van der Waals surface area (Å²) in [4.78, 5) is 4.40. The maximum atomic E-state index is 5.97. The Kier molecular flexibility index (Phi) is 3.51. The number of pyridine rings is 1. The van der Waals surface area contributed by atoms with Crippen molar-refractivity contribution < 1.29 is 4.74 Å². The monoisotopic (exact) mass is 242 g/mol. The van der Waals surface area contributed by atoms with Crippen LogP contribution in [0.3, 0.4) is 0 Å². The van der Waals surface area contributed by atoms with E-state index in [0.29, 0.717) is 12.3 Å². The lowest BCUT2D eigenvalue weighted by Gasteiger charge is -2.12. The van der Waals surface area contributed by atoms with E-state index >= 15 is 0 Å². The summed E-state index contributed by atoms with van der Waals surface area (Å²) in [6.07, 6.45) is 0. The highest BCUT2D eigenvalue weighted by Gasteiger charge is 2.06. The van der Waals surface area contributed by atoms with Crippen molar-refractivity contribution >= 4 is 5.69 Å². The number of aromatic nitrogens is 1. The second-order valence-corrected chi connectivity index (χ2v) is 4.56. The highest BCUT2D eigenvalue weighted by Crippen LogP contribution is 2.28. The molecule has 0 atom stereocenters. The average molecular weight is 242 g/mol. The van der Waals surface area contributed by atoms with Crippen molar-refractivity contribution in [3.63, 3.8) is 0 Å². The van der Waals surface area contributed by atoms with Crippen molar-refractivity contribution in [1.82, 2.24) is 4.98 Å². The summed E-state index contributed by atoms with van der Waals surface area (Å²) >= 11 is 0. The Labute approximate surface area is 108 Å². The molecular weight excluding hydrogens is 224 g/mol. The van der Waals surface area contributed by atoms with Crippen LogP contribution in [0.4, 0.5) is 5.69 Å². The van der Waals surface area contributed by atoms with Crippen molar-refractivity contribution in [2.45, 2.75) is 27.4 Å². The van der Waals surface area contributed by atoms with E-state index in [-0.39, 0.29) is 0 Å². The van der Waals surface area contributed by atoms with Crippen LogP contribution in [0.15, 0.2) is 30.3 Å². The van der Waals surface area contributed by atoms with Crippen LogP contribution in [-0.4, -0.2) is 4.98 Å². The number of nitrogens with zero attached hydrogens (tertiary/aromatic N) is 1. The number of nitrogens with two attached hydrogens (primary N) is 1. The minimum Gasteiger partial charge on any atom is -0.485 e. The summed E-state index contributed by atoms with van der Waals surface area (Å²) in [6.45, 7) is 6.43. The number of ether oxygens (including phenoxy) is 1. The zero-order chi connectivity index (χ0) is 13.1. The fraction of sp³-hybridized carbons (Fsp3) is 0.267. The Balaban J connectivity index is 2.16. The van der Waals surface area contributed by atoms with Gasteiger partial charge in [0.25, 0.3) is 0 Å². The van der Waals surface area contributed by atoms with Gasteiger partial charge in [-0.05, 0) is 50.1 Å². The molecule has 2 rings (SSSR count). The first-order valence-corrected chi connectivity index (χ1v) is 5.98. The highest BCUT2D eigenvalue weighted by atomic mass is 16.5. The van der Waals surface area contributed by atoms with Crippen LogP contribution in [0.1, 0.15) is 22.5 Å². The van der Waals surface area contributed by atoms with Gasteiger partial charge in [0.05, 0.1) is 11.4 Å². The molecular formula is C15H18N2O. The van der Waals surface area contributed by atoms with E-state index in [1.165, 1.54) is 0 Å². The SMILES string of the molecule is Cc1cc(C)c(OCc2cccc(C)n2)c(N)c1. The van der Waals surface area contributed by atoms with Crippen molar-refractivity contribution in [1.29, 1.82) is 0 Å². The maximum Gasteiger partial charge on any atom is 0.145 e. The number of rotatable bonds is 3. The van der Waals surface area contributed by atoms with Gasteiger partial charge in [0.15, 0.2) is 0 Å². The van der Waals surface area contributed by atoms with Gasteiger partial charge >= 0.3 is 0 Å². The largest absolute Gasteiger partial charge is 0.485 e. The molecule has 2 N–H and O–H groups in total. The number of nitrogen functional groups attached to an aromatic ring is 1. The van der Waals surface area contributed by atoms with E-state index in [1.807, 2.05) is 45.0 Å². The van der Waals surface area contributed by atoms with Crippen LogP contribution in [0.25, 0.3) is 0 Å². The quantitative estimate of drug-likeness (QED) is 0.841. The molecule has 0 aliphatic heterocycles. The van der Waals surface area contributed by atoms with Gasteiger partial charge in [-0.15, -0.1) is 0 Å². The molecule has 1 heterocycles. The standard InChI is InChI=1S/C15H18N2O/c1-10-7-11(2)15(14(16)8-10)18-9-13-6-4-5-12(3)17-13/h4-8H,9,16H2,1-3H3. The molecule has 1 aromatic heterocycles. The van der Waals surface area contributed by atoms with E-state index in [4.69, 9.17) is 10.5 Å². The third-order valence-corrected chi connectivity index (χ3v) is 2.76. The summed E-state index contributed by atoms with van der Waals surface area (Å²) < 4.78 is 5.78. The lowest BCUT2D eigenvalue weighted by Crippen LogP contribution is -2.03. The molecule has 0 saturated heterocycles. The van der Waals surface area contributed by atoms with Crippen LogP contribution < -0.4 is 10.5 Å². The minimum absolute atomic E-state index is 0.440. The maximum absolute atomic E-state index is 5.97. The molecule has 1 aromatic carbocycles. The van der Waals surface area contributed by atoms with Gasteiger partial charge in [-0.1, -0.05) is 12.1 Å². The predicted molar refractivity (Wildman–Crippen MR) is 73.6 cm³/mol. The van der Waals surface area contributed by atoms with E-state index in [2.05, 4.69) is 11.1 Å². The average Bonchev–Trinajstić information content (AvgIpc) is 2.27. The summed E-state index contributed by atoms with van der Waals surface area (Å²) in [5.74, 6) is 0.754. The van der Waals surface area contributed by atoms with Gasteiger partial charge in [0.1, 0.15) is 12.4 Å². The Morgan fingerprint density at radius 3 is 2.61 bits per heavy atom. The van der Waals surface area contributed by atoms with Crippen LogP contribution in [0.5, 0.6) is 5.75 Å². The molecule has 0 spiro atoms. The normalized spacial score (nSPS) is 10.4. The third-order valence-electron chi connectivity index (χ3n) is 2.76. The zero-order valence-electron chi connectivity index (χ0n) is 11.0. The van der Waals surface area contributed by atoms with Crippen LogP contribution in [0, 0.1) is 20.8 Å². The molecule has 3 nitrogen and oxygen atoms in total. The number of hydrogen-bond acceptors (Lipinski definition) is 3. The first-order chi connectivity index (χ1) is 8.56. The molecule has 0 bridgehead atoms. The summed E-state index contributed by atoms with van der Waals surface area (Å²) in [6, 6.07) is 9.88. The van der Waals surface area contributed by atoms with Gasteiger partial charge in [-0.2, -0.15) is 0 Å². The third kappa shape index (κ3) is 2.80. The summed E-state index contributed by atoms with van der Waals surface area (Å²) in [5, 5.41) is 0. The molecule has 2 aromatic rings. The van der Waals surface area contributed by atoms with E-state index in [9.17, 15) is 0 Å². The summed E-state index contributed by atoms with van der Waals surface area (Å²) in [7, 11) is 0. The Morgan fingerprint density at radius 2 is 1.94 bits per heavy atom. The number of anilines is 1. The molecule has 3 heteroatoms. The summed E-state index contributed by atoms with van der Waals surface area (Å²) in [5.41, 5.74) is 10.8. The van der Waals surface area contributed by atoms with Gasteiger partial charge in [-0.25, -0.2) is 0 Å². The van der Waals surface area contributed by atoms with Crippen molar-refractivity contribution in [2.24, 2.45) is 0 Å². The molecule has 0 radical (unpaired) electrons. The zero-order valence-corrected chi connectivity index (χ0v) is 11.0. The lowest BCUT2D eigenvalue weighted by molar-refractivity contribution is 0.300.